The minimum atomic E-state index is -1.20. The van der Waals surface area contributed by atoms with Crippen molar-refractivity contribution in [1.82, 2.24) is 29.2 Å². The fraction of sp³-hybridized carbons (Fsp3) is 0.452. The molecule has 1 aliphatic heterocycles. The van der Waals surface area contributed by atoms with Crippen molar-refractivity contribution in [2.75, 3.05) is 49.6 Å². The minimum Gasteiger partial charge on any atom is -0.384 e. The van der Waals surface area contributed by atoms with Crippen LogP contribution in [0.1, 0.15) is 39.3 Å². The first-order valence-corrected chi connectivity index (χ1v) is 14.7. The molecule has 0 aliphatic carbocycles. The summed E-state index contributed by atoms with van der Waals surface area (Å²) in [7, 11) is 0. The number of fused-ring (bicyclic) bond motifs is 1. The van der Waals surface area contributed by atoms with Gasteiger partial charge in [-0.3, -0.25) is 4.79 Å². The monoisotopic (exact) mass is 587 g/mol. The topological polar surface area (TPSA) is 128 Å². The van der Waals surface area contributed by atoms with Crippen molar-refractivity contribution in [2.45, 2.75) is 45.8 Å². The number of piperidine rings is 1. The van der Waals surface area contributed by atoms with E-state index in [2.05, 4.69) is 49.1 Å². The average Bonchev–Trinajstić information content (AvgIpc) is 3.27. The molecule has 0 amide bonds. The van der Waals surface area contributed by atoms with Crippen LogP contribution in [0.15, 0.2) is 53.5 Å². The molecule has 1 fully saturated rings. The number of hydrogen-bond donors (Lipinski definition) is 2. The quantitative estimate of drug-likeness (QED) is 0.268. The predicted molar refractivity (Wildman–Crippen MR) is 165 cm³/mol. The van der Waals surface area contributed by atoms with Gasteiger partial charge in [-0.15, -0.1) is 0 Å². The maximum Gasteiger partial charge on any atom is 0.279 e. The zero-order chi connectivity index (χ0) is 30.6. The van der Waals surface area contributed by atoms with Gasteiger partial charge in [-0.05, 0) is 82.5 Å². The number of aliphatic hydroxyl groups is 1. The first-order valence-electron chi connectivity index (χ1n) is 14.7. The Morgan fingerprint density at radius 2 is 2.00 bits per heavy atom. The minimum absolute atomic E-state index is 0.212. The van der Waals surface area contributed by atoms with Gasteiger partial charge in [-0.25, -0.2) is 23.7 Å². The lowest BCUT2D eigenvalue weighted by Crippen LogP contribution is -2.41. The summed E-state index contributed by atoms with van der Waals surface area (Å²) in [6, 6.07) is 15.2. The molecule has 5 rings (SSSR count). The summed E-state index contributed by atoms with van der Waals surface area (Å²) in [6.07, 6.45) is 3.70. The van der Waals surface area contributed by atoms with Crippen molar-refractivity contribution in [3.63, 3.8) is 0 Å². The van der Waals surface area contributed by atoms with E-state index < -0.39 is 11.2 Å². The number of pyridine rings is 1. The first kappa shape index (κ1) is 30.1. The molecule has 1 atom stereocenters. The predicted octanol–water partition coefficient (Wildman–Crippen LogP) is 3.98. The fourth-order valence-corrected chi connectivity index (χ4v) is 5.65. The number of nitriles is 1. The van der Waals surface area contributed by atoms with Gasteiger partial charge in [-0.1, -0.05) is 6.07 Å². The van der Waals surface area contributed by atoms with Crippen LogP contribution in [0.5, 0.6) is 0 Å². The molecule has 43 heavy (non-hydrogen) atoms. The number of aromatic nitrogens is 5. The van der Waals surface area contributed by atoms with Crippen molar-refractivity contribution >= 4 is 28.4 Å². The van der Waals surface area contributed by atoms with Gasteiger partial charge in [0.2, 0.25) is 5.95 Å². The van der Waals surface area contributed by atoms with Gasteiger partial charge in [-0.2, -0.15) is 10.2 Å². The number of alkyl halides is 1. The standard InChI is InChI=1S/C31H38FN9O2/c1-4-39(21-22-7-6-16-38(20-22)17-14-32)24-12-10-23(11-13-24)35-30-34-19-25-28(37-30)41(40(18-15-33)29(25)42)27-9-5-8-26(36-27)31(2,3)43/h5,8-13,19,22,43H,4,6-7,14,16-18,20-21H2,1-3H3,(H,34,35,37). The Bertz CT molecular complexity index is 1650. The van der Waals surface area contributed by atoms with Gasteiger partial charge in [0.25, 0.3) is 5.56 Å². The van der Waals surface area contributed by atoms with Crippen LogP contribution in [0.3, 0.4) is 0 Å². The molecule has 226 valence electrons. The second kappa shape index (κ2) is 12.9. The molecule has 12 heteroatoms. The third kappa shape index (κ3) is 6.68. The molecule has 0 bridgehead atoms. The molecule has 1 unspecified atom stereocenters. The molecule has 4 heterocycles. The highest BCUT2D eigenvalue weighted by atomic mass is 19.1. The van der Waals surface area contributed by atoms with Gasteiger partial charge in [0.1, 0.15) is 24.2 Å². The number of nitrogens with one attached hydrogen (secondary N) is 1. The van der Waals surface area contributed by atoms with Crippen LogP contribution in [0.25, 0.3) is 16.9 Å². The lowest BCUT2D eigenvalue weighted by atomic mass is 9.97. The van der Waals surface area contributed by atoms with Crippen molar-refractivity contribution in [1.29, 1.82) is 5.26 Å². The molecule has 0 saturated carbocycles. The molecule has 1 aliphatic rings. The highest BCUT2D eigenvalue weighted by molar-refractivity contribution is 5.77. The second-order valence-corrected chi connectivity index (χ2v) is 11.4. The number of rotatable bonds is 11. The molecular formula is C31H38FN9O2. The van der Waals surface area contributed by atoms with E-state index in [1.807, 2.05) is 18.2 Å². The van der Waals surface area contributed by atoms with Gasteiger partial charge in [0.05, 0.1) is 11.8 Å². The smallest absolute Gasteiger partial charge is 0.279 e. The Labute approximate surface area is 250 Å². The van der Waals surface area contributed by atoms with Crippen LogP contribution in [0.2, 0.25) is 0 Å². The van der Waals surface area contributed by atoms with E-state index in [9.17, 15) is 19.6 Å². The summed E-state index contributed by atoms with van der Waals surface area (Å²) in [6.45, 7) is 9.09. The number of nitrogens with zero attached hydrogens (tertiary/aromatic N) is 8. The van der Waals surface area contributed by atoms with Crippen molar-refractivity contribution in [3.05, 3.63) is 64.7 Å². The SMILES string of the molecule is CCN(CC1CCCN(CCF)C1)c1ccc(Nc2ncc3c(=O)n(CC#N)n(-c4cccc(C(C)(C)O)n4)c3n2)cc1. The Balaban J connectivity index is 1.39. The lowest BCUT2D eigenvalue weighted by molar-refractivity contribution is 0.0738. The first-order chi connectivity index (χ1) is 20.7. The summed E-state index contributed by atoms with van der Waals surface area (Å²) in [5.41, 5.74) is 0.976. The molecule has 1 aromatic carbocycles. The molecule has 2 N–H and O–H groups in total. The van der Waals surface area contributed by atoms with E-state index in [-0.39, 0.29) is 24.6 Å². The van der Waals surface area contributed by atoms with Crippen LogP contribution in [-0.4, -0.2) is 73.7 Å². The van der Waals surface area contributed by atoms with Crippen LogP contribution < -0.4 is 15.8 Å². The van der Waals surface area contributed by atoms with Gasteiger partial charge >= 0.3 is 0 Å². The van der Waals surface area contributed by atoms with Crippen LogP contribution in [-0.2, 0) is 12.1 Å². The third-order valence-corrected chi connectivity index (χ3v) is 7.83. The molecule has 4 aromatic rings. The maximum absolute atomic E-state index is 13.2. The summed E-state index contributed by atoms with van der Waals surface area (Å²) >= 11 is 0. The van der Waals surface area contributed by atoms with Crippen molar-refractivity contribution < 1.29 is 9.50 Å². The Kier molecular flexibility index (Phi) is 9.03. The lowest BCUT2D eigenvalue weighted by Gasteiger charge is -2.35. The molecular weight excluding hydrogens is 549 g/mol. The maximum atomic E-state index is 13.2. The highest BCUT2D eigenvalue weighted by Crippen LogP contribution is 2.25. The van der Waals surface area contributed by atoms with Gasteiger partial charge in [0.15, 0.2) is 11.5 Å². The van der Waals surface area contributed by atoms with Crippen LogP contribution >= 0.6 is 0 Å². The summed E-state index contributed by atoms with van der Waals surface area (Å²) in [5.74, 6) is 1.13. The number of halogens is 1. The van der Waals surface area contributed by atoms with Gasteiger partial charge in [0, 0.05) is 43.8 Å². The number of likely N-dealkylation sites (tertiary alicyclic amines) is 1. The number of benzene rings is 1. The second-order valence-electron chi connectivity index (χ2n) is 11.4. The Hall–Kier alpha value is -4.34. The largest absolute Gasteiger partial charge is 0.384 e. The van der Waals surface area contributed by atoms with Crippen molar-refractivity contribution in [3.8, 4) is 11.9 Å². The Morgan fingerprint density at radius 1 is 1.21 bits per heavy atom. The van der Waals surface area contributed by atoms with Crippen LogP contribution in [0, 0.1) is 17.2 Å². The highest BCUT2D eigenvalue weighted by Gasteiger charge is 2.23. The van der Waals surface area contributed by atoms with E-state index in [4.69, 9.17) is 0 Å². The fourth-order valence-electron chi connectivity index (χ4n) is 5.65. The van der Waals surface area contributed by atoms with E-state index in [1.54, 1.807) is 32.0 Å². The average molecular weight is 588 g/mol. The third-order valence-electron chi connectivity index (χ3n) is 7.83. The summed E-state index contributed by atoms with van der Waals surface area (Å²) < 4.78 is 15.6. The normalized spacial score (nSPS) is 15.9. The number of anilines is 3. The summed E-state index contributed by atoms with van der Waals surface area (Å²) in [4.78, 5) is 31.3. The van der Waals surface area contributed by atoms with Gasteiger partial charge < -0.3 is 20.2 Å². The number of hydrogen-bond acceptors (Lipinski definition) is 9. The van der Waals surface area contributed by atoms with Crippen LogP contribution in [0.4, 0.5) is 21.7 Å². The zero-order valence-electron chi connectivity index (χ0n) is 24.9. The zero-order valence-corrected chi connectivity index (χ0v) is 24.9. The van der Waals surface area contributed by atoms with E-state index in [1.165, 1.54) is 15.6 Å². The molecule has 3 aromatic heterocycles. The van der Waals surface area contributed by atoms with E-state index in [0.29, 0.717) is 29.6 Å². The molecule has 0 spiro atoms. The molecule has 1 saturated heterocycles. The Morgan fingerprint density at radius 3 is 2.70 bits per heavy atom. The molecule has 0 radical (unpaired) electrons. The van der Waals surface area contributed by atoms with Crippen molar-refractivity contribution in [2.24, 2.45) is 5.92 Å². The molecule has 11 nitrogen and oxygen atoms in total. The summed E-state index contributed by atoms with van der Waals surface area (Å²) in [5, 5.41) is 23.4. The van der Waals surface area contributed by atoms with E-state index >= 15 is 0 Å². The van der Waals surface area contributed by atoms with E-state index in [0.717, 1.165) is 50.4 Å².